The average molecular weight is 360 g/mol. The standard InChI is InChI=1S/C14H9BrClFOS/c1-19-11-5-3-2-4-8(11)14(18)9-6-7-10(15)12(16)13(9)17/h2-7H,1H3. The Morgan fingerprint density at radius 1 is 1.21 bits per heavy atom. The average Bonchev–Trinajstić information content (AvgIpc) is 2.44. The Morgan fingerprint density at radius 3 is 2.58 bits per heavy atom. The molecule has 0 aliphatic carbocycles. The minimum Gasteiger partial charge on any atom is -0.288 e. The van der Waals surface area contributed by atoms with Gasteiger partial charge < -0.3 is 0 Å². The number of hydrogen-bond donors (Lipinski definition) is 0. The third kappa shape index (κ3) is 2.86. The maximum absolute atomic E-state index is 14.0. The van der Waals surface area contributed by atoms with Crippen molar-refractivity contribution in [1.29, 1.82) is 0 Å². The SMILES string of the molecule is CSc1ccccc1C(=O)c1ccc(Br)c(Cl)c1F. The van der Waals surface area contributed by atoms with Gasteiger partial charge in [0.2, 0.25) is 0 Å². The molecule has 1 nitrogen and oxygen atoms in total. The summed E-state index contributed by atoms with van der Waals surface area (Å²) >= 11 is 10.4. The Morgan fingerprint density at radius 2 is 1.89 bits per heavy atom. The van der Waals surface area contributed by atoms with E-state index in [9.17, 15) is 9.18 Å². The normalized spacial score (nSPS) is 10.5. The van der Waals surface area contributed by atoms with Crippen LogP contribution in [0, 0.1) is 5.82 Å². The van der Waals surface area contributed by atoms with Gasteiger partial charge in [-0.15, -0.1) is 11.8 Å². The Bertz CT molecular complexity index is 645. The van der Waals surface area contributed by atoms with Crippen LogP contribution in [0.3, 0.4) is 0 Å². The van der Waals surface area contributed by atoms with Crippen LogP contribution >= 0.6 is 39.3 Å². The van der Waals surface area contributed by atoms with Gasteiger partial charge in [0.15, 0.2) is 11.6 Å². The topological polar surface area (TPSA) is 17.1 Å². The summed E-state index contributed by atoms with van der Waals surface area (Å²) in [4.78, 5) is 13.2. The first-order valence-corrected chi connectivity index (χ1v) is 7.77. The van der Waals surface area contributed by atoms with Crippen LogP contribution in [0.1, 0.15) is 15.9 Å². The maximum atomic E-state index is 14.0. The molecule has 0 unspecified atom stereocenters. The van der Waals surface area contributed by atoms with E-state index in [1.54, 1.807) is 18.2 Å². The summed E-state index contributed by atoms with van der Waals surface area (Å²) in [6.07, 6.45) is 1.87. The summed E-state index contributed by atoms with van der Waals surface area (Å²) in [5, 5.41) is -0.0764. The molecule has 2 aromatic rings. The Labute approximate surface area is 128 Å². The molecular weight excluding hydrogens is 351 g/mol. The molecule has 0 N–H and O–H groups in total. The van der Waals surface area contributed by atoms with E-state index in [-0.39, 0.29) is 16.4 Å². The van der Waals surface area contributed by atoms with Crippen molar-refractivity contribution in [1.82, 2.24) is 0 Å². The molecule has 0 amide bonds. The van der Waals surface area contributed by atoms with Gasteiger partial charge in [0.05, 0.1) is 10.6 Å². The molecule has 2 rings (SSSR count). The molecule has 19 heavy (non-hydrogen) atoms. The van der Waals surface area contributed by atoms with Gasteiger partial charge in [-0.1, -0.05) is 23.7 Å². The minimum absolute atomic E-state index is 0.0188. The lowest BCUT2D eigenvalue weighted by Gasteiger charge is -2.08. The van der Waals surface area contributed by atoms with E-state index in [0.717, 1.165) is 4.90 Å². The quantitative estimate of drug-likeness (QED) is 0.426. The first-order chi connectivity index (χ1) is 9.06. The lowest BCUT2D eigenvalue weighted by Crippen LogP contribution is -2.06. The maximum Gasteiger partial charge on any atom is 0.197 e. The van der Waals surface area contributed by atoms with E-state index in [1.807, 2.05) is 18.4 Å². The van der Waals surface area contributed by atoms with Gasteiger partial charge in [0, 0.05) is 14.9 Å². The van der Waals surface area contributed by atoms with Crippen molar-refractivity contribution in [2.75, 3.05) is 6.26 Å². The van der Waals surface area contributed by atoms with Crippen molar-refractivity contribution in [3.8, 4) is 0 Å². The third-order valence-corrected chi connectivity index (χ3v) is 4.69. The van der Waals surface area contributed by atoms with Crippen LogP contribution < -0.4 is 0 Å². The second-order valence-electron chi connectivity index (χ2n) is 3.75. The molecule has 2 aromatic carbocycles. The van der Waals surface area contributed by atoms with E-state index >= 15 is 0 Å². The van der Waals surface area contributed by atoms with Crippen LogP contribution in [0.15, 0.2) is 45.8 Å². The molecule has 0 atom stereocenters. The largest absolute Gasteiger partial charge is 0.288 e. The fourth-order valence-electron chi connectivity index (χ4n) is 1.68. The van der Waals surface area contributed by atoms with Gasteiger partial charge in [-0.3, -0.25) is 4.79 Å². The molecule has 0 aliphatic rings. The Hall–Kier alpha value is -0.840. The van der Waals surface area contributed by atoms with Crippen LogP contribution in [0.25, 0.3) is 0 Å². The van der Waals surface area contributed by atoms with Gasteiger partial charge in [-0.25, -0.2) is 4.39 Å². The van der Waals surface area contributed by atoms with Crippen molar-refractivity contribution >= 4 is 45.1 Å². The fraction of sp³-hybridized carbons (Fsp3) is 0.0714. The molecule has 0 saturated carbocycles. The first-order valence-electron chi connectivity index (χ1n) is 5.37. The molecule has 0 heterocycles. The highest BCUT2D eigenvalue weighted by molar-refractivity contribution is 9.10. The van der Waals surface area contributed by atoms with Crippen molar-refractivity contribution in [2.45, 2.75) is 4.90 Å². The molecule has 0 radical (unpaired) electrons. The first kappa shape index (κ1) is 14.6. The van der Waals surface area contributed by atoms with Gasteiger partial charge in [0.1, 0.15) is 0 Å². The number of halogens is 3. The molecule has 98 valence electrons. The van der Waals surface area contributed by atoms with Gasteiger partial charge >= 0.3 is 0 Å². The van der Waals surface area contributed by atoms with E-state index in [2.05, 4.69) is 15.9 Å². The zero-order valence-corrected chi connectivity index (χ0v) is 13.1. The van der Waals surface area contributed by atoms with Gasteiger partial charge in [0.25, 0.3) is 0 Å². The zero-order chi connectivity index (χ0) is 14.0. The summed E-state index contributed by atoms with van der Waals surface area (Å²) in [6.45, 7) is 0. The lowest BCUT2D eigenvalue weighted by atomic mass is 10.0. The van der Waals surface area contributed by atoms with Crippen molar-refractivity contribution in [3.63, 3.8) is 0 Å². The summed E-state index contributed by atoms with van der Waals surface area (Å²) in [5.74, 6) is -1.06. The van der Waals surface area contributed by atoms with E-state index < -0.39 is 5.82 Å². The zero-order valence-electron chi connectivity index (χ0n) is 9.91. The predicted octanol–water partition coefficient (Wildman–Crippen LogP) is 5.19. The predicted molar refractivity (Wildman–Crippen MR) is 80.8 cm³/mol. The third-order valence-electron chi connectivity index (χ3n) is 2.63. The number of hydrogen-bond acceptors (Lipinski definition) is 2. The number of carbonyl (C=O) groups excluding carboxylic acids is 1. The van der Waals surface area contributed by atoms with Crippen molar-refractivity contribution in [3.05, 3.63) is 62.8 Å². The van der Waals surface area contributed by atoms with Crippen LogP contribution in [0.5, 0.6) is 0 Å². The van der Waals surface area contributed by atoms with Gasteiger partial charge in [-0.2, -0.15) is 0 Å². The monoisotopic (exact) mass is 358 g/mol. The van der Waals surface area contributed by atoms with Crippen LogP contribution in [-0.2, 0) is 0 Å². The van der Waals surface area contributed by atoms with Gasteiger partial charge in [-0.05, 0) is 46.5 Å². The summed E-state index contributed by atoms with van der Waals surface area (Å²) in [6, 6.07) is 10.1. The Balaban J connectivity index is 2.54. The van der Waals surface area contributed by atoms with E-state index in [4.69, 9.17) is 11.6 Å². The van der Waals surface area contributed by atoms with Crippen molar-refractivity contribution in [2.24, 2.45) is 0 Å². The minimum atomic E-state index is -0.697. The summed E-state index contributed by atoms with van der Waals surface area (Å²) in [5.41, 5.74) is 0.460. The Kier molecular flexibility index (Phi) is 4.66. The van der Waals surface area contributed by atoms with E-state index in [1.165, 1.54) is 17.8 Å². The molecular formula is C14H9BrClFOS. The lowest BCUT2D eigenvalue weighted by molar-refractivity contribution is 0.103. The number of benzene rings is 2. The molecule has 0 saturated heterocycles. The number of carbonyl (C=O) groups is 1. The molecule has 5 heteroatoms. The van der Waals surface area contributed by atoms with Crippen molar-refractivity contribution < 1.29 is 9.18 Å². The highest BCUT2D eigenvalue weighted by Crippen LogP contribution is 2.30. The fourth-order valence-corrected chi connectivity index (χ4v) is 2.74. The number of thioether (sulfide) groups is 1. The highest BCUT2D eigenvalue weighted by Gasteiger charge is 2.19. The van der Waals surface area contributed by atoms with Crippen LogP contribution in [0.2, 0.25) is 5.02 Å². The second kappa shape index (κ2) is 6.07. The molecule has 0 fully saturated rings. The van der Waals surface area contributed by atoms with Crippen LogP contribution in [0.4, 0.5) is 4.39 Å². The summed E-state index contributed by atoms with van der Waals surface area (Å²) in [7, 11) is 0. The molecule has 0 bridgehead atoms. The molecule has 0 aliphatic heterocycles. The highest BCUT2D eigenvalue weighted by atomic mass is 79.9. The second-order valence-corrected chi connectivity index (χ2v) is 5.83. The number of rotatable bonds is 3. The number of ketones is 1. The van der Waals surface area contributed by atoms with Crippen LogP contribution in [-0.4, -0.2) is 12.0 Å². The smallest absolute Gasteiger partial charge is 0.197 e. The van der Waals surface area contributed by atoms with E-state index in [0.29, 0.717) is 10.0 Å². The molecule has 0 spiro atoms. The summed E-state index contributed by atoms with van der Waals surface area (Å²) < 4.78 is 14.5. The molecule has 0 aromatic heterocycles.